The average Bonchev–Trinajstić information content (AvgIpc) is 3.22. The maximum atomic E-state index is 12.9. The van der Waals surface area contributed by atoms with Gasteiger partial charge in [-0.25, -0.2) is 9.67 Å². The number of hydrogen-bond acceptors (Lipinski definition) is 5. The van der Waals surface area contributed by atoms with Gasteiger partial charge in [-0.05, 0) is 38.1 Å². The van der Waals surface area contributed by atoms with Crippen LogP contribution in [-0.4, -0.2) is 25.5 Å². The molecule has 4 aromatic rings. The summed E-state index contributed by atoms with van der Waals surface area (Å²) in [4.78, 5) is 30.1. The number of amides is 1. The summed E-state index contributed by atoms with van der Waals surface area (Å²) in [5.74, 6) is -0.289. The van der Waals surface area contributed by atoms with Gasteiger partial charge in [0.25, 0.3) is 10.8 Å². The standard InChI is InChI=1S/C21H20N4O3S/c1-13-18(20(27)25(24(13)3)15-9-5-4-6-10-15)23-19(26)14(2)29-21-22-16-11-7-8-12-17(16)28-21/h4-12,14H,1-3H3,(H,23,26). The van der Waals surface area contributed by atoms with E-state index in [1.807, 2.05) is 54.6 Å². The first kappa shape index (κ1) is 19.1. The quantitative estimate of drug-likeness (QED) is 0.509. The number of hydrogen-bond donors (Lipinski definition) is 1. The van der Waals surface area contributed by atoms with E-state index in [1.54, 1.807) is 25.6 Å². The van der Waals surface area contributed by atoms with Gasteiger partial charge in [-0.3, -0.25) is 14.3 Å². The summed E-state index contributed by atoms with van der Waals surface area (Å²) < 4.78 is 8.93. The van der Waals surface area contributed by atoms with E-state index < -0.39 is 5.25 Å². The summed E-state index contributed by atoms with van der Waals surface area (Å²) >= 11 is 1.21. The van der Waals surface area contributed by atoms with Gasteiger partial charge in [0, 0.05) is 7.05 Å². The van der Waals surface area contributed by atoms with E-state index in [0.717, 1.165) is 11.2 Å². The van der Waals surface area contributed by atoms with Gasteiger partial charge >= 0.3 is 0 Å². The fourth-order valence-corrected chi connectivity index (χ4v) is 3.80. The second kappa shape index (κ2) is 7.63. The van der Waals surface area contributed by atoms with Crippen LogP contribution in [0.2, 0.25) is 0 Å². The molecule has 0 saturated carbocycles. The highest BCUT2D eigenvalue weighted by molar-refractivity contribution is 8.00. The number of rotatable bonds is 5. The number of oxazole rings is 1. The van der Waals surface area contributed by atoms with E-state index in [4.69, 9.17) is 4.42 Å². The predicted molar refractivity (Wildman–Crippen MR) is 114 cm³/mol. The Bertz CT molecular complexity index is 1210. The summed E-state index contributed by atoms with van der Waals surface area (Å²) in [5, 5.41) is 2.70. The van der Waals surface area contributed by atoms with E-state index in [2.05, 4.69) is 10.3 Å². The molecule has 0 aliphatic rings. The van der Waals surface area contributed by atoms with Crippen LogP contribution < -0.4 is 10.9 Å². The van der Waals surface area contributed by atoms with Crippen LogP contribution in [0, 0.1) is 6.92 Å². The first-order chi connectivity index (χ1) is 14.0. The van der Waals surface area contributed by atoms with Crippen LogP contribution in [0.5, 0.6) is 0 Å². The molecular formula is C21H20N4O3S. The zero-order valence-corrected chi connectivity index (χ0v) is 17.1. The number of benzene rings is 2. The molecule has 1 N–H and O–H groups in total. The van der Waals surface area contributed by atoms with Crippen molar-refractivity contribution in [2.24, 2.45) is 7.05 Å². The van der Waals surface area contributed by atoms with Gasteiger partial charge in [-0.2, -0.15) is 0 Å². The monoisotopic (exact) mass is 408 g/mol. The van der Waals surface area contributed by atoms with Crippen molar-refractivity contribution in [1.29, 1.82) is 0 Å². The first-order valence-corrected chi connectivity index (χ1v) is 10.0. The van der Waals surface area contributed by atoms with Crippen LogP contribution >= 0.6 is 11.8 Å². The molecular weight excluding hydrogens is 388 g/mol. The van der Waals surface area contributed by atoms with E-state index in [-0.39, 0.29) is 17.2 Å². The molecule has 0 saturated heterocycles. The van der Waals surface area contributed by atoms with Crippen LogP contribution in [0.15, 0.2) is 69.0 Å². The van der Waals surface area contributed by atoms with Crippen molar-refractivity contribution in [3.63, 3.8) is 0 Å². The molecule has 148 valence electrons. The Morgan fingerprint density at radius 3 is 2.55 bits per heavy atom. The molecule has 2 aromatic heterocycles. The number of para-hydroxylation sites is 3. The van der Waals surface area contributed by atoms with Crippen molar-refractivity contribution in [2.45, 2.75) is 24.3 Å². The second-order valence-corrected chi connectivity index (χ2v) is 7.93. The van der Waals surface area contributed by atoms with Crippen LogP contribution in [0.1, 0.15) is 12.6 Å². The van der Waals surface area contributed by atoms with E-state index >= 15 is 0 Å². The minimum atomic E-state index is -0.493. The average molecular weight is 408 g/mol. The van der Waals surface area contributed by atoms with Crippen molar-refractivity contribution < 1.29 is 9.21 Å². The third kappa shape index (κ3) is 3.58. The fraction of sp³-hybridized carbons (Fsp3) is 0.190. The van der Waals surface area contributed by atoms with Crippen molar-refractivity contribution in [2.75, 3.05) is 5.32 Å². The van der Waals surface area contributed by atoms with Gasteiger partial charge in [0.15, 0.2) is 5.58 Å². The van der Waals surface area contributed by atoms with Crippen LogP contribution in [0.25, 0.3) is 16.8 Å². The number of aromatic nitrogens is 3. The van der Waals surface area contributed by atoms with E-state index in [0.29, 0.717) is 16.5 Å². The molecule has 7 nitrogen and oxygen atoms in total. The van der Waals surface area contributed by atoms with E-state index in [1.165, 1.54) is 16.4 Å². The fourth-order valence-electron chi connectivity index (χ4n) is 3.04. The lowest BCUT2D eigenvalue weighted by atomic mass is 10.3. The molecule has 0 aliphatic heterocycles. The lowest BCUT2D eigenvalue weighted by Crippen LogP contribution is -2.27. The normalized spacial score (nSPS) is 12.2. The number of anilines is 1. The molecule has 0 radical (unpaired) electrons. The molecule has 4 rings (SSSR count). The van der Waals surface area contributed by atoms with Crippen LogP contribution in [0.4, 0.5) is 5.69 Å². The zero-order chi connectivity index (χ0) is 20.5. The molecule has 0 aliphatic carbocycles. The molecule has 1 unspecified atom stereocenters. The minimum absolute atomic E-state index is 0.270. The second-order valence-electron chi connectivity index (χ2n) is 6.63. The van der Waals surface area contributed by atoms with Gasteiger partial charge < -0.3 is 9.73 Å². The lowest BCUT2D eigenvalue weighted by molar-refractivity contribution is -0.115. The Hall–Kier alpha value is -3.26. The van der Waals surface area contributed by atoms with Crippen molar-refractivity contribution >= 4 is 34.5 Å². The number of nitrogens with one attached hydrogen (secondary N) is 1. The summed E-state index contributed by atoms with van der Waals surface area (Å²) in [6.45, 7) is 3.55. The summed E-state index contributed by atoms with van der Waals surface area (Å²) in [6.07, 6.45) is 0. The molecule has 2 aromatic carbocycles. The Labute approximate surface area is 171 Å². The highest BCUT2D eigenvalue weighted by atomic mass is 32.2. The largest absolute Gasteiger partial charge is 0.431 e. The third-order valence-electron chi connectivity index (χ3n) is 4.72. The van der Waals surface area contributed by atoms with Gasteiger partial charge in [0.05, 0.1) is 16.6 Å². The highest BCUT2D eigenvalue weighted by Crippen LogP contribution is 2.27. The predicted octanol–water partition coefficient (Wildman–Crippen LogP) is 3.74. The van der Waals surface area contributed by atoms with Gasteiger partial charge in [0.1, 0.15) is 11.2 Å². The number of thioether (sulfide) groups is 1. The maximum Gasteiger partial charge on any atom is 0.295 e. The summed E-state index contributed by atoms with van der Waals surface area (Å²) in [7, 11) is 1.79. The first-order valence-electron chi connectivity index (χ1n) is 9.13. The zero-order valence-electron chi connectivity index (χ0n) is 16.2. The number of carbonyl (C=O) groups excluding carboxylic acids is 1. The Morgan fingerprint density at radius 2 is 1.83 bits per heavy atom. The van der Waals surface area contributed by atoms with Crippen LogP contribution in [-0.2, 0) is 11.8 Å². The van der Waals surface area contributed by atoms with Gasteiger partial charge in [-0.15, -0.1) is 0 Å². The molecule has 0 bridgehead atoms. The number of nitrogens with zero attached hydrogens (tertiary/aromatic N) is 3. The van der Waals surface area contributed by atoms with Gasteiger partial charge in [-0.1, -0.05) is 42.1 Å². The third-order valence-corrected chi connectivity index (χ3v) is 5.67. The van der Waals surface area contributed by atoms with Crippen molar-refractivity contribution in [3.8, 4) is 5.69 Å². The lowest BCUT2D eigenvalue weighted by Gasteiger charge is -2.09. The Kier molecular flexibility index (Phi) is 5.02. The SMILES string of the molecule is Cc1c(NC(=O)C(C)Sc2nc3ccccc3o2)c(=O)n(-c2ccccc2)n1C. The molecule has 29 heavy (non-hydrogen) atoms. The van der Waals surface area contributed by atoms with E-state index in [9.17, 15) is 9.59 Å². The molecule has 1 amide bonds. The molecule has 2 heterocycles. The summed E-state index contributed by atoms with van der Waals surface area (Å²) in [5.41, 5.74) is 2.82. The number of fused-ring (bicyclic) bond motifs is 1. The molecule has 0 fully saturated rings. The van der Waals surface area contributed by atoms with Gasteiger partial charge in [0.2, 0.25) is 5.91 Å². The molecule has 1 atom stereocenters. The Balaban J connectivity index is 1.55. The molecule has 8 heteroatoms. The Morgan fingerprint density at radius 1 is 1.14 bits per heavy atom. The maximum absolute atomic E-state index is 12.9. The van der Waals surface area contributed by atoms with Crippen molar-refractivity contribution in [3.05, 3.63) is 70.6 Å². The van der Waals surface area contributed by atoms with Crippen LogP contribution in [0.3, 0.4) is 0 Å². The highest BCUT2D eigenvalue weighted by Gasteiger charge is 2.23. The number of carbonyl (C=O) groups is 1. The summed E-state index contributed by atoms with van der Waals surface area (Å²) in [6, 6.07) is 16.7. The smallest absolute Gasteiger partial charge is 0.295 e. The minimum Gasteiger partial charge on any atom is -0.431 e. The van der Waals surface area contributed by atoms with Crippen molar-refractivity contribution in [1.82, 2.24) is 14.3 Å². The molecule has 0 spiro atoms. The topological polar surface area (TPSA) is 82.1 Å².